The molecule has 5 rings (SSSR count). The Morgan fingerprint density at radius 3 is 2.86 bits per heavy atom. The summed E-state index contributed by atoms with van der Waals surface area (Å²) in [7, 11) is 2.17. The maximum Gasteiger partial charge on any atom is 0.259 e. The average molecular weight is 409 g/mol. The smallest absolute Gasteiger partial charge is 0.259 e. The van der Waals surface area contributed by atoms with Crippen LogP contribution >= 0.6 is 11.6 Å². The zero-order valence-corrected chi connectivity index (χ0v) is 16.9. The topological polar surface area (TPSA) is 74.1 Å². The van der Waals surface area contributed by atoms with Crippen molar-refractivity contribution in [2.75, 3.05) is 33.2 Å². The molecule has 1 saturated heterocycles. The van der Waals surface area contributed by atoms with Gasteiger partial charge in [0.15, 0.2) is 0 Å². The summed E-state index contributed by atoms with van der Waals surface area (Å²) in [5.74, 6) is 0.996. The molecular formula is C21H21ClN6O. The average Bonchev–Trinajstić information content (AvgIpc) is 3.39. The number of fused-ring (bicyclic) bond motifs is 1. The fraction of sp³-hybridized carbons (Fsp3) is 0.286. The van der Waals surface area contributed by atoms with E-state index in [9.17, 15) is 0 Å². The van der Waals surface area contributed by atoms with Crippen LogP contribution in [0.3, 0.4) is 0 Å². The molecule has 0 atom stereocenters. The molecule has 0 bridgehead atoms. The van der Waals surface area contributed by atoms with Gasteiger partial charge in [0.1, 0.15) is 0 Å². The third-order valence-electron chi connectivity index (χ3n) is 5.37. The normalized spacial score (nSPS) is 15.9. The quantitative estimate of drug-likeness (QED) is 0.555. The molecule has 1 aliphatic heterocycles. The van der Waals surface area contributed by atoms with Crippen molar-refractivity contribution in [3.8, 4) is 22.8 Å². The van der Waals surface area contributed by atoms with Gasteiger partial charge in [-0.25, -0.2) is 0 Å². The Labute approximate surface area is 173 Å². The van der Waals surface area contributed by atoms with E-state index in [4.69, 9.17) is 16.1 Å². The Balaban J connectivity index is 1.41. The Morgan fingerprint density at radius 1 is 1.14 bits per heavy atom. The van der Waals surface area contributed by atoms with Crippen LogP contribution in [0.15, 0.2) is 47.1 Å². The van der Waals surface area contributed by atoms with E-state index in [2.05, 4.69) is 49.3 Å². The highest BCUT2D eigenvalue weighted by Crippen LogP contribution is 2.31. The standard InChI is InChI=1S/C21H21ClN6O/c1-27-5-7-28(8-6-27)13-14-3-2-4-15(9-14)20-24-21(29-26-20)17-10-16(22)11-19-18(17)12-23-25-19/h2-4,9-12H,5-8,13H2,1H3,(H,23,25). The molecule has 2 aromatic carbocycles. The second-order valence-corrected chi connectivity index (χ2v) is 7.92. The van der Waals surface area contributed by atoms with Crippen LogP contribution < -0.4 is 0 Å². The Hall–Kier alpha value is -2.74. The number of piperazine rings is 1. The van der Waals surface area contributed by atoms with Gasteiger partial charge >= 0.3 is 0 Å². The highest BCUT2D eigenvalue weighted by atomic mass is 35.5. The summed E-state index contributed by atoms with van der Waals surface area (Å²) in [4.78, 5) is 9.46. The molecule has 2 aromatic heterocycles. The van der Waals surface area contributed by atoms with Crippen molar-refractivity contribution in [3.05, 3.63) is 53.2 Å². The van der Waals surface area contributed by atoms with Gasteiger partial charge in [0.2, 0.25) is 5.82 Å². The summed E-state index contributed by atoms with van der Waals surface area (Å²) in [6.45, 7) is 5.31. The zero-order valence-electron chi connectivity index (χ0n) is 16.1. The molecule has 0 unspecified atom stereocenters. The lowest BCUT2D eigenvalue weighted by Crippen LogP contribution is -2.43. The summed E-state index contributed by atoms with van der Waals surface area (Å²) in [5.41, 5.74) is 3.80. The molecule has 0 radical (unpaired) electrons. The van der Waals surface area contributed by atoms with Gasteiger partial charge in [0, 0.05) is 48.7 Å². The van der Waals surface area contributed by atoms with Gasteiger partial charge < -0.3 is 9.42 Å². The lowest BCUT2D eigenvalue weighted by molar-refractivity contribution is 0.148. The van der Waals surface area contributed by atoms with Crippen molar-refractivity contribution in [1.29, 1.82) is 0 Å². The summed E-state index contributed by atoms with van der Waals surface area (Å²) in [5, 5.41) is 12.7. The van der Waals surface area contributed by atoms with Gasteiger partial charge in [-0.05, 0) is 30.8 Å². The van der Waals surface area contributed by atoms with E-state index in [-0.39, 0.29) is 0 Å². The van der Waals surface area contributed by atoms with E-state index in [1.807, 2.05) is 24.3 Å². The van der Waals surface area contributed by atoms with Crippen molar-refractivity contribution >= 4 is 22.5 Å². The lowest BCUT2D eigenvalue weighted by Gasteiger charge is -2.32. The monoisotopic (exact) mass is 408 g/mol. The van der Waals surface area contributed by atoms with Crippen molar-refractivity contribution in [1.82, 2.24) is 30.1 Å². The van der Waals surface area contributed by atoms with Crippen LogP contribution in [0.4, 0.5) is 0 Å². The van der Waals surface area contributed by atoms with Crippen molar-refractivity contribution < 1.29 is 4.52 Å². The first-order chi connectivity index (χ1) is 14.2. The molecule has 8 heteroatoms. The zero-order chi connectivity index (χ0) is 19.8. The minimum absolute atomic E-state index is 0.429. The highest BCUT2D eigenvalue weighted by Gasteiger charge is 2.17. The fourth-order valence-corrected chi connectivity index (χ4v) is 3.93. The van der Waals surface area contributed by atoms with E-state index < -0.39 is 0 Å². The molecular weight excluding hydrogens is 388 g/mol. The number of hydrogen-bond donors (Lipinski definition) is 1. The maximum absolute atomic E-state index is 6.23. The Kier molecular flexibility index (Phi) is 4.79. The number of rotatable bonds is 4. The number of hydrogen-bond acceptors (Lipinski definition) is 6. The molecule has 7 nitrogen and oxygen atoms in total. The predicted molar refractivity (Wildman–Crippen MR) is 113 cm³/mol. The van der Waals surface area contributed by atoms with Crippen LogP contribution in [-0.2, 0) is 6.54 Å². The minimum atomic E-state index is 0.429. The first-order valence-corrected chi connectivity index (χ1v) is 10.0. The molecule has 4 aromatic rings. The summed E-state index contributed by atoms with van der Waals surface area (Å²) in [6, 6.07) is 12.0. The number of halogens is 1. The minimum Gasteiger partial charge on any atom is -0.334 e. The largest absolute Gasteiger partial charge is 0.334 e. The van der Waals surface area contributed by atoms with Gasteiger partial charge in [-0.15, -0.1) is 0 Å². The first-order valence-electron chi connectivity index (χ1n) is 9.62. The van der Waals surface area contributed by atoms with Crippen molar-refractivity contribution in [2.45, 2.75) is 6.54 Å². The number of H-pyrrole nitrogens is 1. The summed E-state index contributed by atoms with van der Waals surface area (Å²) >= 11 is 6.23. The highest BCUT2D eigenvalue weighted by molar-refractivity contribution is 6.31. The van der Waals surface area contributed by atoms with Gasteiger partial charge in [0.25, 0.3) is 5.89 Å². The van der Waals surface area contributed by atoms with Crippen LogP contribution in [0.25, 0.3) is 33.7 Å². The van der Waals surface area contributed by atoms with Crippen LogP contribution in [0, 0.1) is 0 Å². The third-order valence-corrected chi connectivity index (χ3v) is 5.59. The second-order valence-electron chi connectivity index (χ2n) is 7.49. The van der Waals surface area contributed by atoms with E-state index in [0.29, 0.717) is 16.7 Å². The number of aromatic amines is 1. The number of likely N-dealkylation sites (N-methyl/N-ethyl adjacent to an activating group) is 1. The molecule has 29 heavy (non-hydrogen) atoms. The lowest BCUT2D eigenvalue weighted by atomic mass is 10.1. The maximum atomic E-state index is 6.23. The van der Waals surface area contributed by atoms with Gasteiger partial charge in [-0.1, -0.05) is 35.0 Å². The van der Waals surface area contributed by atoms with E-state index in [1.54, 1.807) is 6.20 Å². The van der Waals surface area contributed by atoms with Crippen LogP contribution in [0.2, 0.25) is 5.02 Å². The van der Waals surface area contributed by atoms with Gasteiger partial charge in [-0.2, -0.15) is 10.1 Å². The molecule has 0 amide bonds. The van der Waals surface area contributed by atoms with Crippen LogP contribution in [0.5, 0.6) is 0 Å². The number of nitrogens with one attached hydrogen (secondary N) is 1. The Morgan fingerprint density at radius 2 is 2.00 bits per heavy atom. The number of aromatic nitrogens is 4. The van der Waals surface area contributed by atoms with Crippen LogP contribution in [0.1, 0.15) is 5.56 Å². The third kappa shape index (κ3) is 3.76. The van der Waals surface area contributed by atoms with Gasteiger partial charge in [0.05, 0.1) is 17.3 Å². The van der Waals surface area contributed by atoms with Crippen LogP contribution in [-0.4, -0.2) is 63.4 Å². The molecule has 1 aliphatic rings. The predicted octanol–water partition coefficient (Wildman–Crippen LogP) is 3.68. The fourth-order valence-electron chi connectivity index (χ4n) is 3.72. The van der Waals surface area contributed by atoms with Crippen molar-refractivity contribution in [3.63, 3.8) is 0 Å². The summed E-state index contributed by atoms with van der Waals surface area (Å²) in [6.07, 6.45) is 1.74. The van der Waals surface area contributed by atoms with Crippen molar-refractivity contribution in [2.24, 2.45) is 0 Å². The molecule has 0 saturated carbocycles. The van der Waals surface area contributed by atoms with E-state index in [0.717, 1.165) is 54.8 Å². The second kappa shape index (κ2) is 7.59. The SMILES string of the molecule is CN1CCN(Cc2cccc(-c3noc(-c4cc(Cl)cc5[nH]ncc45)n3)c2)CC1. The number of benzene rings is 2. The van der Waals surface area contributed by atoms with E-state index in [1.165, 1.54) is 5.56 Å². The first kappa shape index (κ1) is 18.3. The molecule has 1 N–H and O–H groups in total. The molecule has 3 heterocycles. The molecule has 0 aliphatic carbocycles. The summed E-state index contributed by atoms with van der Waals surface area (Å²) < 4.78 is 5.56. The number of nitrogens with zero attached hydrogens (tertiary/aromatic N) is 5. The Bertz CT molecular complexity index is 1150. The van der Waals surface area contributed by atoms with Gasteiger partial charge in [-0.3, -0.25) is 10.00 Å². The molecule has 1 fully saturated rings. The molecule has 148 valence electrons. The van der Waals surface area contributed by atoms with E-state index >= 15 is 0 Å². The molecule has 0 spiro atoms.